The minimum atomic E-state index is -3.53. The normalized spacial score (nSPS) is 14.1. The average molecular weight is 318 g/mol. The van der Waals surface area contributed by atoms with E-state index in [2.05, 4.69) is 21.8 Å². The summed E-state index contributed by atoms with van der Waals surface area (Å²) < 4.78 is 26.9. The quantitative estimate of drug-likeness (QED) is 0.881. The van der Waals surface area contributed by atoms with Gasteiger partial charge in [0.2, 0.25) is 10.0 Å². The van der Waals surface area contributed by atoms with Crippen molar-refractivity contribution in [2.75, 3.05) is 24.5 Å². The molecule has 1 aliphatic rings. The van der Waals surface area contributed by atoms with Gasteiger partial charge in [0.15, 0.2) is 0 Å². The summed E-state index contributed by atoms with van der Waals surface area (Å²) in [7, 11) is -3.53. The van der Waals surface area contributed by atoms with Gasteiger partial charge >= 0.3 is 0 Å². The number of benzene rings is 2. The molecule has 0 unspecified atom stereocenters. The zero-order valence-corrected chi connectivity index (χ0v) is 12.9. The van der Waals surface area contributed by atoms with Crippen LogP contribution in [0.2, 0.25) is 0 Å². The number of nitrogens with one attached hydrogen (secondary N) is 1. The van der Waals surface area contributed by atoms with Crippen molar-refractivity contribution in [1.29, 1.82) is 0 Å². The summed E-state index contributed by atoms with van der Waals surface area (Å²) in [5.74, 6) is 0.0487. The average Bonchev–Trinajstić information content (AvgIpc) is 2.91. The Morgan fingerprint density at radius 2 is 1.82 bits per heavy atom. The molecule has 5 nitrogen and oxygen atoms in total. The van der Waals surface area contributed by atoms with Crippen molar-refractivity contribution in [2.24, 2.45) is 0 Å². The van der Waals surface area contributed by atoms with Gasteiger partial charge in [0.25, 0.3) is 0 Å². The summed E-state index contributed by atoms with van der Waals surface area (Å²) in [6, 6.07) is 13.7. The Morgan fingerprint density at radius 1 is 1.09 bits per heavy atom. The Labute approximate surface area is 130 Å². The Balaban J connectivity index is 1.60. The predicted molar refractivity (Wildman–Crippen MR) is 85.7 cm³/mol. The molecule has 0 atom stereocenters. The topological polar surface area (TPSA) is 69.6 Å². The van der Waals surface area contributed by atoms with Gasteiger partial charge in [0, 0.05) is 25.3 Å². The van der Waals surface area contributed by atoms with Gasteiger partial charge in [-0.05, 0) is 42.3 Å². The molecule has 0 saturated heterocycles. The number of phenolic OH excluding ortho intramolecular Hbond substituents is 1. The maximum atomic E-state index is 12.2. The maximum Gasteiger partial charge on any atom is 0.240 e. The first-order valence-corrected chi connectivity index (χ1v) is 8.66. The van der Waals surface area contributed by atoms with E-state index in [1.165, 1.54) is 35.5 Å². The second kappa shape index (κ2) is 5.98. The number of aromatic hydroxyl groups is 1. The molecular formula is C16H18N2O3S. The molecule has 22 heavy (non-hydrogen) atoms. The van der Waals surface area contributed by atoms with Crippen molar-refractivity contribution < 1.29 is 13.5 Å². The van der Waals surface area contributed by atoms with E-state index in [1.807, 2.05) is 12.1 Å². The molecule has 0 aromatic heterocycles. The summed E-state index contributed by atoms with van der Waals surface area (Å²) in [5, 5.41) is 9.21. The number of rotatable bonds is 5. The number of hydrogen-bond donors (Lipinski definition) is 2. The van der Waals surface area contributed by atoms with Crippen LogP contribution in [0, 0.1) is 0 Å². The third-order valence-electron chi connectivity index (χ3n) is 3.80. The lowest BCUT2D eigenvalue weighted by atomic mass is 10.2. The van der Waals surface area contributed by atoms with Crippen molar-refractivity contribution in [1.82, 2.24) is 4.72 Å². The van der Waals surface area contributed by atoms with Gasteiger partial charge in [-0.1, -0.05) is 18.2 Å². The molecule has 0 saturated carbocycles. The minimum absolute atomic E-state index is 0.0487. The van der Waals surface area contributed by atoms with Crippen LogP contribution in [-0.2, 0) is 16.4 Å². The standard InChI is InChI=1S/C16H18N2O3S/c19-14-5-7-15(8-6-14)22(20,21)17-10-12-18-11-9-13-3-1-2-4-16(13)18/h1-8,17,19H,9-12H2. The largest absolute Gasteiger partial charge is 0.508 e. The molecule has 0 amide bonds. The first-order valence-electron chi connectivity index (χ1n) is 7.18. The molecule has 6 heteroatoms. The molecule has 2 aromatic carbocycles. The number of para-hydroxylation sites is 1. The second-order valence-electron chi connectivity index (χ2n) is 5.26. The lowest BCUT2D eigenvalue weighted by Crippen LogP contribution is -2.34. The van der Waals surface area contributed by atoms with Crippen LogP contribution in [0.3, 0.4) is 0 Å². The van der Waals surface area contributed by atoms with E-state index >= 15 is 0 Å². The van der Waals surface area contributed by atoms with Crippen molar-refractivity contribution in [3.63, 3.8) is 0 Å². The molecule has 1 aliphatic heterocycles. The lowest BCUT2D eigenvalue weighted by Gasteiger charge is -2.19. The molecule has 116 valence electrons. The Kier molecular flexibility index (Phi) is 4.04. The van der Waals surface area contributed by atoms with Gasteiger partial charge in [0.1, 0.15) is 5.75 Å². The molecular weight excluding hydrogens is 300 g/mol. The summed E-state index contributed by atoms with van der Waals surface area (Å²) in [6.07, 6.45) is 1.00. The fourth-order valence-corrected chi connectivity index (χ4v) is 3.68. The van der Waals surface area contributed by atoms with Gasteiger partial charge in [-0.3, -0.25) is 0 Å². The smallest absolute Gasteiger partial charge is 0.240 e. The zero-order valence-electron chi connectivity index (χ0n) is 12.1. The maximum absolute atomic E-state index is 12.2. The van der Waals surface area contributed by atoms with E-state index < -0.39 is 10.0 Å². The Hall–Kier alpha value is -2.05. The minimum Gasteiger partial charge on any atom is -0.508 e. The van der Waals surface area contributed by atoms with Crippen molar-refractivity contribution in [3.8, 4) is 5.75 Å². The monoisotopic (exact) mass is 318 g/mol. The molecule has 0 radical (unpaired) electrons. The SMILES string of the molecule is O=S(=O)(NCCN1CCc2ccccc21)c1ccc(O)cc1. The third-order valence-corrected chi connectivity index (χ3v) is 5.28. The second-order valence-corrected chi connectivity index (χ2v) is 7.02. The third kappa shape index (κ3) is 3.08. The summed E-state index contributed by atoms with van der Waals surface area (Å²) in [5.41, 5.74) is 2.50. The molecule has 0 aliphatic carbocycles. The highest BCUT2D eigenvalue weighted by atomic mass is 32.2. The van der Waals surface area contributed by atoms with E-state index in [0.717, 1.165) is 13.0 Å². The van der Waals surface area contributed by atoms with Gasteiger partial charge in [0.05, 0.1) is 4.90 Å². The Bertz CT molecular complexity index is 757. The summed E-state index contributed by atoms with van der Waals surface area (Å²) in [4.78, 5) is 2.35. The fraction of sp³-hybridized carbons (Fsp3) is 0.250. The van der Waals surface area contributed by atoms with Crippen LogP contribution in [0.1, 0.15) is 5.56 Å². The van der Waals surface area contributed by atoms with Gasteiger partial charge in [-0.2, -0.15) is 0 Å². The molecule has 3 rings (SSSR count). The van der Waals surface area contributed by atoms with Gasteiger partial charge in [-0.25, -0.2) is 13.1 Å². The van der Waals surface area contributed by atoms with E-state index in [-0.39, 0.29) is 10.6 Å². The number of phenols is 1. The highest BCUT2D eigenvalue weighted by Gasteiger charge is 2.19. The van der Waals surface area contributed by atoms with E-state index in [4.69, 9.17) is 0 Å². The van der Waals surface area contributed by atoms with Crippen LogP contribution < -0.4 is 9.62 Å². The fourth-order valence-electron chi connectivity index (χ4n) is 2.66. The first-order chi connectivity index (χ1) is 10.6. The zero-order chi connectivity index (χ0) is 15.6. The van der Waals surface area contributed by atoms with Crippen LogP contribution in [0.4, 0.5) is 5.69 Å². The van der Waals surface area contributed by atoms with Gasteiger partial charge in [-0.15, -0.1) is 0 Å². The molecule has 2 aromatic rings. The van der Waals surface area contributed by atoms with E-state index in [9.17, 15) is 13.5 Å². The number of fused-ring (bicyclic) bond motifs is 1. The van der Waals surface area contributed by atoms with E-state index in [1.54, 1.807) is 0 Å². The highest BCUT2D eigenvalue weighted by Crippen LogP contribution is 2.26. The van der Waals surface area contributed by atoms with Gasteiger partial charge < -0.3 is 10.0 Å². The molecule has 0 spiro atoms. The first kappa shape index (κ1) is 14.9. The summed E-state index contributed by atoms with van der Waals surface area (Å²) in [6.45, 7) is 1.89. The van der Waals surface area contributed by atoms with Crippen molar-refractivity contribution in [3.05, 3.63) is 54.1 Å². The van der Waals surface area contributed by atoms with Crippen molar-refractivity contribution >= 4 is 15.7 Å². The molecule has 2 N–H and O–H groups in total. The molecule has 0 fully saturated rings. The summed E-state index contributed by atoms with van der Waals surface area (Å²) >= 11 is 0. The van der Waals surface area contributed by atoms with Crippen molar-refractivity contribution in [2.45, 2.75) is 11.3 Å². The molecule has 0 bridgehead atoms. The highest BCUT2D eigenvalue weighted by molar-refractivity contribution is 7.89. The number of hydrogen-bond acceptors (Lipinski definition) is 4. The molecule has 1 heterocycles. The number of nitrogens with zero attached hydrogens (tertiary/aromatic N) is 1. The number of sulfonamides is 1. The predicted octanol–water partition coefficient (Wildman–Crippen LogP) is 1.73. The lowest BCUT2D eigenvalue weighted by molar-refractivity contribution is 0.474. The van der Waals surface area contributed by atoms with Crippen LogP contribution in [0.5, 0.6) is 5.75 Å². The number of anilines is 1. The van der Waals surface area contributed by atoms with Crippen LogP contribution in [0.25, 0.3) is 0 Å². The van der Waals surface area contributed by atoms with E-state index in [0.29, 0.717) is 13.1 Å². The van der Waals surface area contributed by atoms with Crippen LogP contribution in [0.15, 0.2) is 53.4 Å². The van der Waals surface area contributed by atoms with Crippen LogP contribution in [-0.4, -0.2) is 33.2 Å². The van der Waals surface area contributed by atoms with Crippen LogP contribution >= 0.6 is 0 Å². The Morgan fingerprint density at radius 3 is 2.59 bits per heavy atom.